The second-order valence-electron chi connectivity index (χ2n) is 5.95. The molecule has 27 heavy (non-hydrogen) atoms. The minimum Gasteiger partial charge on any atom is -0.381 e. The molecule has 2 heterocycles. The topological polar surface area (TPSA) is 76.1 Å². The summed E-state index contributed by atoms with van der Waals surface area (Å²) in [5.41, 5.74) is -1.37. The molecular weight excluding hydrogens is 429 g/mol. The first-order valence-corrected chi connectivity index (χ1v) is 8.97. The van der Waals surface area contributed by atoms with Crippen LogP contribution in [0.15, 0.2) is 34.9 Å². The highest BCUT2D eigenvalue weighted by atomic mass is 79.9. The van der Waals surface area contributed by atoms with Gasteiger partial charge in [0.1, 0.15) is 0 Å². The summed E-state index contributed by atoms with van der Waals surface area (Å²) in [5.74, 6) is -1.09. The van der Waals surface area contributed by atoms with Gasteiger partial charge in [0.05, 0.1) is 5.56 Å². The van der Waals surface area contributed by atoms with Crippen molar-refractivity contribution in [3.63, 3.8) is 0 Å². The molecule has 1 aromatic heterocycles. The van der Waals surface area contributed by atoms with Crippen LogP contribution in [0.4, 0.5) is 24.8 Å². The van der Waals surface area contributed by atoms with E-state index in [4.69, 9.17) is 4.74 Å². The first kappa shape index (κ1) is 19.6. The molecule has 1 amide bonds. The number of nitrogens with one attached hydrogen (secondary N) is 2. The molecule has 1 fully saturated rings. The maximum atomic E-state index is 13.4. The van der Waals surface area contributed by atoms with Crippen LogP contribution in [-0.4, -0.2) is 35.1 Å². The SMILES string of the molecule is O=C(NC1CCOCC1)c1cnc(Nc2cccc(Br)c2)nc1C(F)(F)F. The van der Waals surface area contributed by atoms with Crippen molar-refractivity contribution < 1.29 is 22.7 Å². The first-order valence-electron chi connectivity index (χ1n) is 8.18. The van der Waals surface area contributed by atoms with Gasteiger partial charge in [-0.3, -0.25) is 4.79 Å². The number of aromatic nitrogens is 2. The monoisotopic (exact) mass is 444 g/mol. The van der Waals surface area contributed by atoms with Gasteiger partial charge >= 0.3 is 6.18 Å². The van der Waals surface area contributed by atoms with Crippen molar-refractivity contribution in [1.29, 1.82) is 0 Å². The predicted octanol–water partition coefficient (Wildman–Crippen LogP) is 3.91. The maximum Gasteiger partial charge on any atom is 0.434 e. The lowest BCUT2D eigenvalue weighted by Gasteiger charge is -2.23. The number of rotatable bonds is 4. The van der Waals surface area contributed by atoms with Crippen LogP contribution in [0.3, 0.4) is 0 Å². The Morgan fingerprint density at radius 1 is 1.26 bits per heavy atom. The normalized spacial score (nSPS) is 15.4. The molecular formula is C17H16BrF3N4O2. The third-order valence-electron chi connectivity index (χ3n) is 3.94. The average molecular weight is 445 g/mol. The van der Waals surface area contributed by atoms with Crippen molar-refractivity contribution in [3.05, 3.63) is 46.2 Å². The zero-order valence-corrected chi connectivity index (χ0v) is 15.6. The van der Waals surface area contributed by atoms with Gasteiger partial charge in [-0.1, -0.05) is 22.0 Å². The van der Waals surface area contributed by atoms with Gasteiger partial charge in [0, 0.05) is 35.6 Å². The standard InChI is InChI=1S/C17H16BrF3N4O2/c18-10-2-1-3-12(8-10)24-16-22-9-13(14(25-16)17(19,20)21)15(26)23-11-4-6-27-7-5-11/h1-3,8-9,11H,4-7H2,(H,23,26)(H,22,24,25). The largest absolute Gasteiger partial charge is 0.434 e. The first-order chi connectivity index (χ1) is 12.8. The highest BCUT2D eigenvalue weighted by Gasteiger charge is 2.38. The summed E-state index contributed by atoms with van der Waals surface area (Å²) in [6.45, 7) is 0.923. The molecule has 6 nitrogen and oxygen atoms in total. The van der Waals surface area contributed by atoms with E-state index in [1.807, 2.05) is 0 Å². The van der Waals surface area contributed by atoms with Crippen LogP contribution >= 0.6 is 15.9 Å². The van der Waals surface area contributed by atoms with Gasteiger partial charge in [0.15, 0.2) is 5.69 Å². The van der Waals surface area contributed by atoms with Crippen LogP contribution in [-0.2, 0) is 10.9 Å². The quantitative estimate of drug-likeness (QED) is 0.747. The molecule has 0 saturated carbocycles. The van der Waals surface area contributed by atoms with E-state index in [1.54, 1.807) is 24.3 Å². The minimum atomic E-state index is -4.79. The van der Waals surface area contributed by atoms with Crippen LogP contribution in [0.1, 0.15) is 28.9 Å². The van der Waals surface area contributed by atoms with Crippen LogP contribution < -0.4 is 10.6 Å². The molecule has 144 valence electrons. The van der Waals surface area contributed by atoms with E-state index in [1.165, 1.54) is 0 Å². The fourth-order valence-corrected chi connectivity index (χ4v) is 3.02. The summed E-state index contributed by atoms with van der Waals surface area (Å²) in [6.07, 6.45) is -2.79. The van der Waals surface area contributed by atoms with Crippen molar-refractivity contribution in [2.75, 3.05) is 18.5 Å². The molecule has 3 rings (SSSR count). The molecule has 1 aromatic carbocycles. The molecule has 0 atom stereocenters. The molecule has 1 aliphatic rings. The predicted molar refractivity (Wildman–Crippen MR) is 95.8 cm³/mol. The molecule has 1 saturated heterocycles. The summed E-state index contributed by atoms with van der Waals surface area (Å²) in [6, 6.07) is 6.59. The minimum absolute atomic E-state index is 0.230. The Bertz CT molecular complexity index is 826. The number of halogens is 4. The number of hydrogen-bond donors (Lipinski definition) is 2. The second kappa shape index (κ2) is 8.22. The lowest BCUT2D eigenvalue weighted by molar-refractivity contribution is -0.141. The lowest BCUT2D eigenvalue weighted by Crippen LogP contribution is -2.39. The Hall–Kier alpha value is -2.20. The van der Waals surface area contributed by atoms with E-state index < -0.39 is 23.3 Å². The van der Waals surface area contributed by atoms with Crippen molar-refractivity contribution >= 4 is 33.5 Å². The third kappa shape index (κ3) is 5.16. The Morgan fingerprint density at radius 2 is 2.00 bits per heavy atom. The Kier molecular flexibility index (Phi) is 5.95. The van der Waals surface area contributed by atoms with Crippen LogP contribution in [0, 0.1) is 0 Å². The van der Waals surface area contributed by atoms with E-state index in [2.05, 4.69) is 36.5 Å². The number of carbonyl (C=O) groups is 1. The Labute approximate surface area is 161 Å². The van der Waals surface area contributed by atoms with E-state index in [0.29, 0.717) is 31.7 Å². The molecule has 10 heteroatoms. The lowest BCUT2D eigenvalue weighted by atomic mass is 10.1. The fourth-order valence-electron chi connectivity index (χ4n) is 2.62. The Balaban J connectivity index is 1.84. The van der Waals surface area contributed by atoms with E-state index >= 15 is 0 Å². The number of hydrogen-bond acceptors (Lipinski definition) is 5. The number of alkyl halides is 3. The third-order valence-corrected chi connectivity index (χ3v) is 4.43. The van der Waals surface area contributed by atoms with Gasteiger partial charge < -0.3 is 15.4 Å². The smallest absolute Gasteiger partial charge is 0.381 e. The molecule has 1 aliphatic heterocycles. The highest BCUT2D eigenvalue weighted by molar-refractivity contribution is 9.10. The molecule has 2 N–H and O–H groups in total. The average Bonchev–Trinajstić information content (AvgIpc) is 2.62. The van der Waals surface area contributed by atoms with Gasteiger partial charge in [0.25, 0.3) is 5.91 Å². The van der Waals surface area contributed by atoms with Gasteiger partial charge in [0.2, 0.25) is 5.95 Å². The van der Waals surface area contributed by atoms with Crippen LogP contribution in [0.2, 0.25) is 0 Å². The second-order valence-corrected chi connectivity index (χ2v) is 6.86. The molecule has 0 aliphatic carbocycles. The number of benzene rings is 1. The van der Waals surface area contributed by atoms with Crippen molar-refractivity contribution in [1.82, 2.24) is 15.3 Å². The molecule has 0 radical (unpaired) electrons. The zero-order valence-electron chi connectivity index (χ0n) is 14.0. The number of carbonyl (C=O) groups excluding carboxylic acids is 1. The van der Waals surface area contributed by atoms with E-state index in [9.17, 15) is 18.0 Å². The zero-order chi connectivity index (χ0) is 19.4. The summed E-state index contributed by atoms with van der Waals surface area (Å²) >= 11 is 3.28. The number of amides is 1. The number of ether oxygens (including phenoxy) is 1. The van der Waals surface area contributed by atoms with Crippen molar-refractivity contribution in [2.45, 2.75) is 25.1 Å². The van der Waals surface area contributed by atoms with Crippen molar-refractivity contribution in [2.24, 2.45) is 0 Å². The Morgan fingerprint density at radius 3 is 2.67 bits per heavy atom. The van der Waals surface area contributed by atoms with Gasteiger partial charge in [-0.25, -0.2) is 9.97 Å². The summed E-state index contributed by atoms with van der Waals surface area (Å²) in [4.78, 5) is 19.7. The summed E-state index contributed by atoms with van der Waals surface area (Å²) in [7, 11) is 0. The number of nitrogens with zero attached hydrogens (tertiary/aromatic N) is 2. The van der Waals surface area contributed by atoms with E-state index in [-0.39, 0.29) is 12.0 Å². The van der Waals surface area contributed by atoms with Gasteiger partial charge in [-0.15, -0.1) is 0 Å². The molecule has 0 unspecified atom stereocenters. The number of anilines is 2. The van der Waals surface area contributed by atoms with Crippen LogP contribution in [0.25, 0.3) is 0 Å². The summed E-state index contributed by atoms with van der Waals surface area (Å²) < 4.78 is 46.3. The van der Waals surface area contributed by atoms with E-state index in [0.717, 1.165) is 10.7 Å². The highest BCUT2D eigenvalue weighted by Crippen LogP contribution is 2.31. The fraction of sp³-hybridized carbons (Fsp3) is 0.353. The van der Waals surface area contributed by atoms with Crippen LogP contribution in [0.5, 0.6) is 0 Å². The summed E-state index contributed by atoms with van der Waals surface area (Å²) in [5, 5.41) is 5.30. The van der Waals surface area contributed by atoms with Crippen molar-refractivity contribution in [3.8, 4) is 0 Å². The molecule has 2 aromatic rings. The molecule has 0 spiro atoms. The maximum absolute atomic E-state index is 13.4. The van der Waals surface area contributed by atoms with Gasteiger partial charge in [-0.2, -0.15) is 13.2 Å². The molecule has 0 bridgehead atoms. The van der Waals surface area contributed by atoms with Gasteiger partial charge in [-0.05, 0) is 31.0 Å².